The highest BCUT2D eigenvalue weighted by atomic mass is 32.2. The molecule has 0 saturated heterocycles. The fraction of sp³-hybridized carbons (Fsp3) is 0.484. The number of amides is 1. The van der Waals surface area contributed by atoms with Gasteiger partial charge < -0.3 is 19.6 Å². The summed E-state index contributed by atoms with van der Waals surface area (Å²) in [5.41, 5.74) is 1.74. The summed E-state index contributed by atoms with van der Waals surface area (Å²) in [6, 6.07) is 16.2. The van der Waals surface area contributed by atoms with Gasteiger partial charge in [0.25, 0.3) is 0 Å². The van der Waals surface area contributed by atoms with E-state index in [9.17, 15) is 19.2 Å². The highest BCUT2D eigenvalue weighted by Gasteiger charge is 2.31. The van der Waals surface area contributed by atoms with Crippen LogP contribution in [0.15, 0.2) is 54.6 Å². The topological polar surface area (TPSA) is 98.8 Å². The third-order valence-electron chi connectivity index (χ3n) is 6.68. The Bertz CT molecular complexity index is 1070. The smallest absolute Gasteiger partial charge is 0.306 e. The van der Waals surface area contributed by atoms with Crippen LogP contribution < -0.4 is 10.1 Å². The lowest BCUT2D eigenvalue weighted by Crippen LogP contribution is -2.48. The number of carbonyl (C=O) groups excluding carboxylic acids is 4. The molecule has 0 aromatic heterocycles. The lowest BCUT2D eigenvalue weighted by atomic mass is 9.91. The van der Waals surface area contributed by atoms with E-state index in [1.165, 1.54) is 0 Å². The largest absolute Gasteiger partial charge is 0.494 e. The number of aldehydes is 1. The number of fused-ring (bicyclic) bond motifs is 16. The third-order valence-corrected chi connectivity index (χ3v) is 7.92. The maximum Gasteiger partial charge on any atom is 0.306 e. The quantitative estimate of drug-likeness (QED) is 0.405. The maximum absolute atomic E-state index is 13.5. The molecular weight excluding hydrogens is 514 g/mol. The van der Waals surface area contributed by atoms with Crippen LogP contribution in [0.25, 0.3) is 0 Å². The number of hydrogen-bond acceptors (Lipinski definition) is 7. The Labute approximate surface area is 235 Å². The molecule has 2 heterocycles. The molecule has 1 N–H and O–H groups in total. The molecule has 0 saturated carbocycles. The summed E-state index contributed by atoms with van der Waals surface area (Å²) in [4.78, 5) is 51.2. The van der Waals surface area contributed by atoms with Crippen molar-refractivity contribution in [3.63, 3.8) is 0 Å². The van der Waals surface area contributed by atoms with Crippen molar-refractivity contribution in [2.45, 2.75) is 58.6 Å². The zero-order chi connectivity index (χ0) is 28.0. The molecule has 0 spiro atoms. The molecule has 2 aliphatic rings. The van der Waals surface area contributed by atoms with Crippen molar-refractivity contribution in [3.8, 4) is 5.75 Å². The molecule has 1 amide bonds. The van der Waals surface area contributed by atoms with Gasteiger partial charge in [-0.3, -0.25) is 14.4 Å². The summed E-state index contributed by atoms with van der Waals surface area (Å²) in [5.74, 6) is -0.142. The van der Waals surface area contributed by atoms with Crippen molar-refractivity contribution in [2.24, 2.45) is 17.8 Å². The van der Waals surface area contributed by atoms with Crippen LogP contribution in [0.5, 0.6) is 5.75 Å². The van der Waals surface area contributed by atoms with Gasteiger partial charge in [0.05, 0.1) is 25.0 Å². The van der Waals surface area contributed by atoms with Gasteiger partial charge >= 0.3 is 5.97 Å². The summed E-state index contributed by atoms with van der Waals surface area (Å²) >= 11 is 1.65. The van der Waals surface area contributed by atoms with Crippen LogP contribution in [0, 0.1) is 17.8 Å². The van der Waals surface area contributed by atoms with E-state index in [-0.39, 0.29) is 37.1 Å². The summed E-state index contributed by atoms with van der Waals surface area (Å²) in [5, 5.41) is 2.90. The molecule has 0 fully saturated rings. The highest BCUT2D eigenvalue weighted by molar-refractivity contribution is 7.99. The lowest BCUT2D eigenvalue weighted by molar-refractivity contribution is -0.148. The Hall–Kier alpha value is -3.13. The number of rotatable bonds is 6. The van der Waals surface area contributed by atoms with Crippen LogP contribution in [0.4, 0.5) is 0 Å². The molecule has 7 nitrogen and oxygen atoms in total. The normalized spacial score (nSPS) is 21.7. The highest BCUT2D eigenvalue weighted by Crippen LogP contribution is 2.21. The third kappa shape index (κ3) is 10.5. The number of nitrogens with one attached hydrogen (secondary N) is 1. The van der Waals surface area contributed by atoms with Gasteiger partial charge in [0, 0.05) is 18.1 Å². The summed E-state index contributed by atoms with van der Waals surface area (Å²) in [6.07, 6.45) is 2.94. The average Bonchev–Trinajstić information content (AvgIpc) is 2.93. The molecule has 2 aliphatic heterocycles. The van der Waals surface area contributed by atoms with Gasteiger partial charge in [-0.1, -0.05) is 56.3 Å². The number of hydrogen-bond donors (Lipinski definition) is 1. The molecule has 0 unspecified atom stereocenters. The maximum atomic E-state index is 13.5. The Morgan fingerprint density at radius 1 is 1.08 bits per heavy atom. The number of carbonyl (C=O) groups is 4. The van der Waals surface area contributed by atoms with Crippen molar-refractivity contribution < 1.29 is 28.7 Å². The fourth-order valence-corrected chi connectivity index (χ4v) is 5.49. The lowest BCUT2D eigenvalue weighted by Gasteiger charge is -2.25. The molecular formula is C31H39NO6S. The number of Topliss-reactive ketones (excluding diaryl/α,β-unsaturated/α-hetero) is 1. The van der Waals surface area contributed by atoms with Crippen molar-refractivity contribution in [1.29, 1.82) is 0 Å². The first-order valence-electron chi connectivity index (χ1n) is 13.6. The molecule has 2 bridgehead atoms. The molecule has 0 aliphatic carbocycles. The van der Waals surface area contributed by atoms with Gasteiger partial charge in [-0.05, 0) is 54.2 Å². The van der Waals surface area contributed by atoms with Crippen LogP contribution >= 0.6 is 11.8 Å². The molecule has 2 aromatic rings. The zero-order valence-electron chi connectivity index (χ0n) is 22.8. The van der Waals surface area contributed by atoms with Gasteiger partial charge in [-0.25, -0.2) is 0 Å². The molecule has 3 atom stereocenters. The molecule has 0 radical (unpaired) electrons. The van der Waals surface area contributed by atoms with Gasteiger partial charge in [0.1, 0.15) is 18.6 Å². The summed E-state index contributed by atoms with van der Waals surface area (Å²) in [7, 11) is 0. The Morgan fingerprint density at radius 3 is 2.51 bits per heavy atom. The van der Waals surface area contributed by atoms with E-state index < -0.39 is 23.8 Å². The van der Waals surface area contributed by atoms with E-state index in [1.807, 2.05) is 68.4 Å². The minimum Gasteiger partial charge on any atom is -0.494 e. The van der Waals surface area contributed by atoms with Crippen LogP contribution in [-0.4, -0.2) is 48.1 Å². The Kier molecular flexibility index (Phi) is 12.5. The number of ketones is 1. The molecule has 39 heavy (non-hydrogen) atoms. The van der Waals surface area contributed by atoms with Crippen molar-refractivity contribution in [1.82, 2.24) is 5.32 Å². The van der Waals surface area contributed by atoms with Crippen molar-refractivity contribution in [3.05, 3.63) is 65.7 Å². The van der Waals surface area contributed by atoms with Gasteiger partial charge in [-0.15, -0.1) is 0 Å². The minimum absolute atomic E-state index is 0.0771. The first kappa shape index (κ1) is 30.4. The van der Waals surface area contributed by atoms with Crippen LogP contribution in [-0.2, 0) is 36.9 Å². The monoisotopic (exact) mass is 553 g/mol. The number of benzene rings is 2. The average molecular weight is 554 g/mol. The zero-order valence-corrected chi connectivity index (χ0v) is 23.6. The molecule has 8 heteroatoms. The molecule has 4 rings (SSSR count). The number of thioether (sulfide) groups is 1. The first-order chi connectivity index (χ1) is 18.9. The fourth-order valence-electron chi connectivity index (χ4n) is 4.41. The second-order valence-corrected chi connectivity index (χ2v) is 11.5. The van der Waals surface area contributed by atoms with E-state index in [2.05, 4.69) is 5.32 Å². The van der Waals surface area contributed by atoms with Crippen molar-refractivity contribution in [2.75, 3.05) is 18.1 Å². The van der Waals surface area contributed by atoms with Gasteiger partial charge in [-0.2, -0.15) is 11.8 Å². The molecule has 210 valence electrons. The SMILES string of the molecule is CC(C)[C@@H]1NC(=O)[C@@H](CC(=O)OCc2ccccc2)Cc2ccc(cc2)OCCCCSC[C@@H](C=O)CC1=O. The first-order valence-corrected chi connectivity index (χ1v) is 14.8. The number of esters is 1. The van der Waals surface area contributed by atoms with Crippen LogP contribution in [0.2, 0.25) is 0 Å². The van der Waals surface area contributed by atoms with E-state index >= 15 is 0 Å². The van der Waals surface area contributed by atoms with E-state index in [1.54, 1.807) is 11.8 Å². The second-order valence-electron chi connectivity index (χ2n) is 10.3. The Balaban J connectivity index is 1.78. The minimum atomic E-state index is -0.745. The summed E-state index contributed by atoms with van der Waals surface area (Å²) < 4.78 is 11.3. The van der Waals surface area contributed by atoms with Crippen LogP contribution in [0.3, 0.4) is 0 Å². The van der Waals surface area contributed by atoms with Gasteiger partial charge in [0.2, 0.25) is 5.91 Å². The second kappa shape index (κ2) is 16.1. The van der Waals surface area contributed by atoms with E-state index in [0.717, 1.165) is 41.8 Å². The van der Waals surface area contributed by atoms with Crippen LogP contribution in [0.1, 0.15) is 50.7 Å². The molecule has 2 aromatic carbocycles. The van der Waals surface area contributed by atoms with E-state index in [0.29, 0.717) is 18.8 Å². The predicted molar refractivity (Wildman–Crippen MR) is 152 cm³/mol. The predicted octanol–water partition coefficient (Wildman–Crippen LogP) is 4.80. The van der Waals surface area contributed by atoms with Gasteiger partial charge in [0.15, 0.2) is 5.78 Å². The standard InChI is InChI=1S/C31H39NO6S/c1-22(2)30-28(34)17-25(19-33)21-39-15-7-6-14-37-27-12-10-23(11-13-27)16-26(31(36)32-30)18-29(35)38-20-24-8-4-3-5-9-24/h3-5,8-13,19,22,25-26,30H,6-7,14-18,20-21H2,1-2H3,(H,32,36)/t25-,26-,30+/m1/s1. The van der Waals surface area contributed by atoms with Crippen molar-refractivity contribution >= 4 is 35.7 Å². The summed E-state index contributed by atoms with van der Waals surface area (Å²) in [6.45, 7) is 4.44. The number of ether oxygens (including phenoxy) is 2. The van der Waals surface area contributed by atoms with E-state index in [4.69, 9.17) is 9.47 Å². The Morgan fingerprint density at radius 2 is 1.82 bits per heavy atom.